The van der Waals surface area contributed by atoms with Gasteiger partial charge in [-0.25, -0.2) is 0 Å². The molecule has 1 fully saturated rings. The zero-order valence-corrected chi connectivity index (χ0v) is 12.0. The van der Waals surface area contributed by atoms with Crippen LogP contribution in [0.1, 0.15) is 49.9 Å². The first kappa shape index (κ1) is 13.9. The van der Waals surface area contributed by atoms with Gasteiger partial charge in [0.05, 0.1) is 5.56 Å². The number of benzene rings is 1. The molecule has 1 aromatic rings. The zero-order valence-electron chi connectivity index (χ0n) is 12.0. The van der Waals surface area contributed by atoms with Crippen LogP contribution in [-0.4, -0.2) is 19.0 Å². The fourth-order valence-corrected chi connectivity index (χ4v) is 2.29. The van der Waals surface area contributed by atoms with E-state index in [9.17, 15) is 4.79 Å². The molecule has 0 spiro atoms. The number of anilines is 1. The van der Waals surface area contributed by atoms with Crippen LogP contribution in [0.2, 0.25) is 0 Å². The first-order valence-electron chi connectivity index (χ1n) is 7.32. The van der Waals surface area contributed by atoms with Crippen LogP contribution in [-0.2, 0) is 0 Å². The summed E-state index contributed by atoms with van der Waals surface area (Å²) < 4.78 is 0. The standard InChI is InChI=1S/C16H24N2O/c1-3-11-17-14-8-6-5-7-13(14)15(19)18-12-16(4-2)9-10-16/h5-8,17H,3-4,9-12H2,1-2H3,(H,18,19). The second-order valence-corrected chi connectivity index (χ2v) is 5.51. The third-order valence-electron chi connectivity index (χ3n) is 4.07. The van der Waals surface area contributed by atoms with Crippen molar-refractivity contribution in [2.75, 3.05) is 18.4 Å². The number of rotatable bonds is 7. The number of carbonyl (C=O) groups is 1. The monoisotopic (exact) mass is 260 g/mol. The highest BCUT2D eigenvalue weighted by Crippen LogP contribution is 2.47. The van der Waals surface area contributed by atoms with Gasteiger partial charge in [-0.05, 0) is 43.2 Å². The van der Waals surface area contributed by atoms with Crippen molar-refractivity contribution in [3.63, 3.8) is 0 Å². The smallest absolute Gasteiger partial charge is 0.253 e. The SMILES string of the molecule is CCCNc1ccccc1C(=O)NCC1(CC)CC1. The number of nitrogens with one attached hydrogen (secondary N) is 2. The van der Waals surface area contributed by atoms with Crippen molar-refractivity contribution >= 4 is 11.6 Å². The first-order chi connectivity index (χ1) is 9.21. The maximum Gasteiger partial charge on any atom is 0.253 e. The lowest BCUT2D eigenvalue weighted by Gasteiger charge is -2.15. The normalized spacial score (nSPS) is 15.9. The molecule has 19 heavy (non-hydrogen) atoms. The molecule has 0 bridgehead atoms. The maximum atomic E-state index is 12.3. The van der Waals surface area contributed by atoms with Gasteiger partial charge in [-0.1, -0.05) is 26.0 Å². The van der Waals surface area contributed by atoms with Crippen LogP contribution < -0.4 is 10.6 Å². The van der Waals surface area contributed by atoms with Crippen LogP contribution in [0.5, 0.6) is 0 Å². The molecule has 104 valence electrons. The van der Waals surface area contributed by atoms with E-state index in [1.807, 2.05) is 24.3 Å². The number of amides is 1. The molecule has 0 saturated heterocycles. The summed E-state index contributed by atoms with van der Waals surface area (Å²) in [4.78, 5) is 12.3. The molecule has 3 heteroatoms. The topological polar surface area (TPSA) is 41.1 Å². The van der Waals surface area contributed by atoms with Gasteiger partial charge in [0, 0.05) is 18.8 Å². The average Bonchev–Trinajstić information content (AvgIpc) is 3.23. The Labute approximate surface area is 115 Å². The first-order valence-corrected chi connectivity index (χ1v) is 7.32. The van der Waals surface area contributed by atoms with Gasteiger partial charge in [0.15, 0.2) is 0 Å². The van der Waals surface area contributed by atoms with E-state index in [1.54, 1.807) is 0 Å². The highest BCUT2D eigenvalue weighted by atomic mass is 16.1. The zero-order chi connectivity index (χ0) is 13.7. The van der Waals surface area contributed by atoms with Gasteiger partial charge in [0.2, 0.25) is 0 Å². The van der Waals surface area contributed by atoms with E-state index in [2.05, 4.69) is 24.5 Å². The van der Waals surface area contributed by atoms with Gasteiger partial charge in [0.1, 0.15) is 0 Å². The van der Waals surface area contributed by atoms with Gasteiger partial charge in [-0.15, -0.1) is 0 Å². The lowest BCUT2D eigenvalue weighted by atomic mass is 10.0. The molecule has 0 radical (unpaired) electrons. The summed E-state index contributed by atoms with van der Waals surface area (Å²) in [5, 5.41) is 6.40. The van der Waals surface area contributed by atoms with E-state index >= 15 is 0 Å². The van der Waals surface area contributed by atoms with Gasteiger partial charge >= 0.3 is 0 Å². The number of hydrogen-bond donors (Lipinski definition) is 2. The lowest BCUT2D eigenvalue weighted by molar-refractivity contribution is 0.0945. The van der Waals surface area contributed by atoms with E-state index in [1.165, 1.54) is 12.8 Å². The summed E-state index contributed by atoms with van der Waals surface area (Å²) in [5.74, 6) is 0.0407. The highest BCUT2D eigenvalue weighted by Gasteiger charge is 2.40. The van der Waals surface area contributed by atoms with Crippen LogP contribution in [0.4, 0.5) is 5.69 Å². The highest BCUT2D eigenvalue weighted by molar-refractivity contribution is 5.99. The van der Waals surface area contributed by atoms with Gasteiger partial charge in [-0.3, -0.25) is 4.79 Å². The number of carbonyl (C=O) groups excluding carboxylic acids is 1. The molecule has 0 aliphatic heterocycles. The molecule has 1 amide bonds. The lowest BCUT2D eigenvalue weighted by Crippen LogP contribution is -2.30. The van der Waals surface area contributed by atoms with Gasteiger partial charge in [-0.2, -0.15) is 0 Å². The summed E-state index contributed by atoms with van der Waals surface area (Å²) in [6, 6.07) is 7.73. The van der Waals surface area contributed by atoms with Crippen LogP contribution in [0.15, 0.2) is 24.3 Å². The van der Waals surface area contributed by atoms with Gasteiger partial charge < -0.3 is 10.6 Å². The van der Waals surface area contributed by atoms with Crippen LogP contribution in [0.25, 0.3) is 0 Å². The third-order valence-corrected chi connectivity index (χ3v) is 4.07. The van der Waals surface area contributed by atoms with E-state index in [-0.39, 0.29) is 5.91 Å². The molecular formula is C16H24N2O. The largest absolute Gasteiger partial charge is 0.384 e. The molecule has 1 saturated carbocycles. The van der Waals surface area contributed by atoms with Gasteiger partial charge in [0.25, 0.3) is 5.91 Å². The Kier molecular flexibility index (Phi) is 4.46. The fraction of sp³-hybridized carbons (Fsp3) is 0.562. The fourth-order valence-electron chi connectivity index (χ4n) is 2.29. The minimum atomic E-state index is 0.0407. The molecule has 0 heterocycles. The van der Waals surface area contributed by atoms with E-state index in [4.69, 9.17) is 0 Å². The Balaban J connectivity index is 1.98. The Morgan fingerprint density at radius 3 is 2.63 bits per heavy atom. The van der Waals surface area contributed by atoms with Crippen molar-refractivity contribution in [2.45, 2.75) is 39.5 Å². The Morgan fingerprint density at radius 1 is 1.26 bits per heavy atom. The number of para-hydroxylation sites is 1. The summed E-state index contributed by atoms with van der Waals surface area (Å²) >= 11 is 0. The van der Waals surface area contributed by atoms with Crippen molar-refractivity contribution in [3.05, 3.63) is 29.8 Å². The quantitative estimate of drug-likeness (QED) is 0.788. The van der Waals surface area contributed by atoms with Crippen molar-refractivity contribution in [1.29, 1.82) is 0 Å². The van der Waals surface area contributed by atoms with E-state index < -0.39 is 0 Å². The minimum Gasteiger partial charge on any atom is -0.384 e. The van der Waals surface area contributed by atoms with Crippen LogP contribution in [0.3, 0.4) is 0 Å². The minimum absolute atomic E-state index is 0.0407. The van der Waals surface area contributed by atoms with Crippen molar-refractivity contribution in [1.82, 2.24) is 5.32 Å². The predicted octanol–water partition coefficient (Wildman–Crippen LogP) is 3.43. The maximum absolute atomic E-state index is 12.3. The molecule has 1 aliphatic rings. The van der Waals surface area contributed by atoms with Crippen LogP contribution in [0, 0.1) is 5.41 Å². The van der Waals surface area contributed by atoms with Crippen molar-refractivity contribution in [3.8, 4) is 0 Å². The van der Waals surface area contributed by atoms with Crippen molar-refractivity contribution < 1.29 is 4.79 Å². The average molecular weight is 260 g/mol. The molecule has 2 rings (SSSR count). The Hall–Kier alpha value is -1.51. The summed E-state index contributed by atoms with van der Waals surface area (Å²) in [5.41, 5.74) is 2.08. The third kappa shape index (κ3) is 3.49. The molecular weight excluding hydrogens is 236 g/mol. The summed E-state index contributed by atoms with van der Waals surface area (Å²) in [7, 11) is 0. The summed E-state index contributed by atoms with van der Waals surface area (Å²) in [6.45, 7) is 6.03. The van der Waals surface area contributed by atoms with Crippen molar-refractivity contribution in [2.24, 2.45) is 5.41 Å². The van der Waals surface area contributed by atoms with E-state index in [0.717, 1.165) is 37.2 Å². The molecule has 0 atom stereocenters. The molecule has 1 aliphatic carbocycles. The molecule has 0 unspecified atom stereocenters. The molecule has 0 aromatic heterocycles. The predicted molar refractivity (Wildman–Crippen MR) is 79.5 cm³/mol. The second-order valence-electron chi connectivity index (χ2n) is 5.51. The molecule has 3 nitrogen and oxygen atoms in total. The number of hydrogen-bond acceptors (Lipinski definition) is 2. The van der Waals surface area contributed by atoms with Crippen LogP contribution >= 0.6 is 0 Å². The Bertz CT molecular complexity index is 438. The molecule has 2 N–H and O–H groups in total. The van der Waals surface area contributed by atoms with E-state index in [0.29, 0.717) is 5.41 Å². The Morgan fingerprint density at radius 2 is 2.00 bits per heavy atom. The second kappa shape index (κ2) is 6.09. The summed E-state index contributed by atoms with van der Waals surface area (Å²) in [6.07, 6.45) is 4.71. The molecule has 1 aromatic carbocycles.